The van der Waals surface area contributed by atoms with Crippen molar-refractivity contribution in [2.75, 3.05) is 13.7 Å². The first-order valence-corrected chi connectivity index (χ1v) is 11.3. The topological polar surface area (TPSA) is 70.4 Å². The summed E-state index contributed by atoms with van der Waals surface area (Å²) in [6, 6.07) is 21.6. The molecule has 35 heavy (non-hydrogen) atoms. The summed E-state index contributed by atoms with van der Waals surface area (Å²) >= 11 is 11.9. The van der Waals surface area contributed by atoms with Crippen LogP contribution in [0.1, 0.15) is 15.9 Å². The van der Waals surface area contributed by atoms with Crippen LogP contribution in [-0.4, -0.2) is 35.2 Å². The molecule has 0 aliphatic heterocycles. The number of Topliss-reactive ketones (excluding diaryl/α,β-unsaturated/α-hetero) is 1. The number of aromatic nitrogens is 2. The van der Waals surface area contributed by atoms with Gasteiger partial charge in [-0.3, -0.25) is 4.79 Å². The lowest BCUT2D eigenvalue weighted by molar-refractivity contribution is -0.136. The van der Waals surface area contributed by atoms with E-state index in [0.29, 0.717) is 16.3 Å². The molecule has 176 valence electrons. The number of nitrogens with zero attached hydrogens (tertiary/aromatic N) is 2. The van der Waals surface area contributed by atoms with Gasteiger partial charge in [-0.1, -0.05) is 41.4 Å². The Morgan fingerprint density at radius 2 is 1.74 bits per heavy atom. The van der Waals surface area contributed by atoms with Crippen LogP contribution in [0.4, 0.5) is 0 Å². The van der Waals surface area contributed by atoms with E-state index in [-0.39, 0.29) is 10.6 Å². The van der Waals surface area contributed by atoms with Gasteiger partial charge in [-0.05, 0) is 60.7 Å². The molecule has 4 rings (SSSR count). The van der Waals surface area contributed by atoms with Gasteiger partial charge in [-0.2, -0.15) is 5.10 Å². The molecule has 3 aromatic carbocycles. The number of para-hydroxylation sites is 1. The zero-order valence-electron chi connectivity index (χ0n) is 18.7. The van der Waals surface area contributed by atoms with Gasteiger partial charge in [0.25, 0.3) is 0 Å². The number of ether oxygens (including phenoxy) is 2. The first-order valence-electron chi connectivity index (χ1n) is 10.6. The number of halogens is 2. The average Bonchev–Trinajstić information content (AvgIpc) is 3.31. The lowest BCUT2D eigenvalue weighted by Gasteiger charge is -2.04. The van der Waals surface area contributed by atoms with Crippen LogP contribution in [0.2, 0.25) is 10.0 Å². The minimum Gasteiger partial charge on any atom is -0.497 e. The minimum absolute atomic E-state index is 0.201. The number of methoxy groups -OCH3 is 1. The monoisotopic (exact) mass is 506 g/mol. The largest absolute Gasteiger partial charge is 0.497 e. The van der Waals surface area contributed by atoms with Crippen LogP contribution in [0, 0.1) is 0 Å². The van der Waals surface area contributed by atoms with Crippen LogP contribution in [0.15, 0.2) is 85.1 Å². The van der Waals surface area contributed by atoms with Gasteiger partial charge in [-0.15, -0.1) is 0 Å². The summed E-state index contributed by atoms with van der Waals surface area (Å²) in [5.74, 6) is -0.372. The van der Waals surface area contributed by atoms with Gasteiger partial charge < -0.3 is 9.47 Å². The van der Waals surface area contributed by atoms with E-state index in [1.807, 2.05) is 60.8 Å². The third-order valence-electron chi connectivity index (χ3n) is 5.10. The van der Waals surface area contributed by atoms with Crippen LogP contribution in [0.25, 0.3) is 23.0 Å². The molecule has 1 heterocycles. The molecule has 0 radical (unpaired) electrons. The smallest absolute Gasteiger partial charge is 0.331 e. The van der Waals surface area contributed by atoms with Crippen molar-refractivity contribution in [3.63, 3.8) is 0 Å². The molecule has 8 heteroatoms. The summed E-state index contributed by atoms with van der Waals surface area (Å²) in [7, 11) is 1.60. The molecule has 0 N–H and O–H groups in total. The van der Waals surface area contributed by atoms with E-state index in [0.717, 1.165) is 17.0 Å². The molecule has 0 aliphatic carbocycles. The molecule has 0 saturated carbocycles. The molecule has 1 aromatic heterocycles. The number of ketones is 1. The number of carbonyl (C=O) groups is 2. The third-order valence-corrected chi connectivity index (χ3v) is 5.65. The molecule has 0 fully saturated rings. The van der Waals surface area contributed by atoms with Crippen LogP contribution in [-0.2, 0) is 9.53 Å². The van der Waals surface area contributed by atoms with Crippen LogP contribution < -0.4 is 4.74 Å². The Hall–Kier alpha value is -3.87. The van der Waals surface area contributed by atoms with Gasteiger partial charge in [0, 0.05) is 34.0 Å². The van der Waals surface area contributed by atoms with E-state index >= 15 is 0 Å². The molecule has 4 aromatic rings. The lowest BCUT2D eigenvalue weighted by atomic mass is 10.1. The zero-order chi connectivity index (χ0) is 24.8. The maximum Gasteiger partial charge on any atom is 0.331 e. The van der Waals surface area contributed by atoms with Crippen molar-refractivity contribution in [1.29, 1.82) is 0 Å². The Balaban J connectivity index is 1.53. The fourth-order valence-corrected chi connectivity index (χ4v) is 3.85. The normalized spacial score (nSPS) is 10.9. The second-order valence-electron chi connectivity index (χ2n) is 7.43. The van der Waals surface area contributed by atoms with E-state index in [1.54, 1.807) is 23.9 Å². The van der Waals surface area contributed by atoms with Crippen molar-refractivity contribution >= 4 is 41.0 Å². The fraction of sp³-hybridized carbons (Fsp3) is 0.0741. The molecule has 0 bridgehead atoms. The Morgan fingerprint density at radius 1 is 1.00 bits per heavy atom. The van der Waals surface area contributed by atoms with Gasteiger partial charge in [0.15, 0.2) is 6.61 Å². The lowest BCUT2D eigenvalue weighted by Crippen LogP contribution is -2.13. The fourth-order valence-electron chi connectivity index (χ4n) is 3.33. The number of benzene rings is 3. The van der Waals surface area contributed by atoms with Gasteiger partial charge in [0.2, 0.25) is 5.78 Å². The molecule has 6 nitrogen and oxygen atoms in total. The highest BCUT2D eigenvalue weighted by Crippen LogP contribution is 2.27. The van der Waals surface area contributed by atoms with Crippen molar-refractivity contribution in [3.8, 4) is 22.7 Å². The quantitative estimate of drug-likeness (QED) is 0.159. The highest BCUT2D eigenvalue weighted by molar-refractivity contribution is 6.36. The van der Waals surface area contributed by atoms with Crippen molar-refractivity contribution in [2.24, 2.45) is 0 Å². The van der Waals surface area contributed by atoms with Crippen molar-refractivity contribution in [3.05, 3.63) is 106 Å². The van der Waals surface area contributed by atoms with Crippen molar-refractivity contribution < 1.29 is 19.1 Å². The summed E-state index contributed by atoms with van der Waals surface area (Å²) in [5, 5.41) is 5.32. The number of hydrogen-bond donors (Lipinski definition) is 0. The van der Waals surface area contributed by atoms with E-state index in [4.69, 9.17) is 37.8 Å². The van der Waals surface area contributed by atoms with E-state index in [9.17, 15) is 9.59 Å². The zero-order valence-corrected chi connectivity index (χ0v) is 20.2. The van der Waals surface area contributed by atoms with Gasteiger partial charge >= 0.3 is 5.97 Å². The molecule has 0 unspecified atom stereocenters. The van der Waals surface area contributed by atoms with E-state index in [2.05, 4.69) is 0 Å². The molecule has 0 saturated heterocycles. The summed E-state index contributed by atoms with van der Waals surface area (Å²) in [6.45, 7) is -0.445. The first-order chi connectivity index (χ1) is 16.9. The minimum atomic E-state index is -0.670. The first kappa shape index (κ1) is 24.3. The maximum absolute atomic E-state index is 12.4. The molecule has 0 spiro atoms. The summed E-state index contributed by atoms with van der Waals surface area (Å²) in [5.41, 5.74) is 3.32. The highest BCUT2D eigenvalue weighted by Gasteiger charge is 2.14. The molecule has 0 atom stereocenters. The standard InChI is InChI=1S/C27H20Cl2N2O4/c1-34-22-11-7-18(8-12-22)27-19(16-31(30-27)21-5-3-2-4-6-21)9-14-26(33)35-17-25(32)23-13-10-20(28)15-24(23)29/h2-16H,17H2,1H3. The van der Waals surface area contributed by atoms with Crippen LogP contribution in [0.3, 0.4) is 0 Å². The number of esters is 1. The van der Waals surface area contributed by atoms with E-state index in [1.165, 1.54) is 18.2 Å². The molecule has 0 aliphatic rings. The van der Waals surface area contributed by atoms with E-state index < -0.39 is 18.4 Å². The summed E-state index contributed by atoms with van der Waals surface area (Å²) < 4.78 is 12.1. The predicted molar refractivity (Wildman–Crippen MR) is 136 cm³/mol. The van der Waals surface area contributed by atoms with Gasteiger partial charge in [-0.25, -0.2) is 9.48 Å². The Kier molecular flexibility index (Phi) is 7.65. The molecular weight excluding hydrogens is 487 g/mol. The number of carbonyl (C=O) groups excluding carboxylic acids is 2. The predicted octanol–water partition coefficient (Wildman–Crippen LogP) is 6.29. The second-order valence-corrected chi connectivity index (χ2v) is 8.27. The van der Waals surface area contributed by atoms with Crippen LogP contribution in [0.5, 0.6) is 5.75 Å². The molecular formula is C27H20Cl2N2O4. The van der Waals surface area contributed by atoms with Crippen LogP contribution >= 0.6 is 23.2 Å². The highest BCUT2D eigenvalue weighted by atomic mass is 35.5. The third kappa shape index (κ3) is 5.98. The SMILES string of the molecule is COc1ccc(-c2nn(-c3ccccc3)cc2C=CC(=O)OCC(=O)c2ccc(Cl)cc2Cl)cc1. The van der Waals surface area contributed by atoms with Crippen molar-refractivity contribution in [2.45, 2.75) is 0 Å². The second kappa shape index (κ2) is 11.0. The Morgan fingerprint density at radius 3 is 2.43 bits per heavy atom. The Bertz CT molecular complexity index is 1380. The van der Waals surface area contributed by atoms with Gasteiger partial charge in [0.1, 0.15) is 5.75 Å². The number of rotatable bonds is 8. The number of hydrogen-bond acceptors (Lipinski definition) is 5. The average molecular weight is 507 g/mol. The Labute approximate surface area is 212 Å². The summed E-state index contributed by atoms with van der Waals surface area (Å²) in [4.78, 5) is 24.7. The maximum atomic E-state index is 12.4. The van der Waals surface area contributed by atoms with Gasteiger partial charge in [0.05, 0.1) is 23.5 Å². The summed E-state index contributed by atoms with van der Waals surface area (Å²) in [6.07, 6.45) is 4.68. The molecule has 0 amide bonds. The van der Waals surface area contributed by atoms with Crippen molar-refractivity contribution in [1.82, 2.24) is 9.78 Å².